The van der Waals surface area contributed by atoms with Crippen LogP contribution in [0.25, 0.3) is 0 Å². The van der Waals surface area contributed by atoms with E-state index in [1.165, 1.54) is 4.88 Å². The minimum atomic E-state index is -0.161. The van der Waals surface area contributed by atoms with Gasteiger partial charge >= 0.3 is 0 Å². The summed E-state index contributed by atoms with van der Waals surface area (Å²) in [6.07, 6.45) is 2.39. The average Bonchev–Trinajstić information content (AvgIpc) is 3.48. The van der Waals surface area contributed by atoms with Crippen molar-refractivity contribution in [2.45, 2.75) is 31.5 Å². The Bertz CT molecular complexity index is 854. The van der Waals surface area contributed by atoms with Gasteiger partial charge in [-0.1, -0.05) is 66.7 Å². The second-order valence-corrected chi connectivity index (χ2v) is 8.74. The third-order valence-corrected chi connectivity index (χ3v) is 6.24. The summed E-state index contributed by atoms with van der Waals surface area (Å²) < 4.78 is 5.83. The number of nitrogens with one attached hydrogen (secondary N) is 1. The summed E-state index contributed by atoms with van der Waals surface area (Å²) in [5.74, 6) is 0.0299. The lowest BCUT2D eigenvalue weighted by Crippen LogP contribution is -2.41. The lowest BCUT2D eigenvalue weighted by atomic mass is 9.99. The minimum absolute atomic E-state index is 0.0299. The highest BCUT2D eigenvalue weighted by Gasteiger charge is 2.23. The van der Waals surface area contributed by atoms with Gasteiger partial charge in [0.05, 0.1) is 18.7 Å². The maximum atomic E-state index is 13.1. The van der Waals surface area contributed by atoms with E-state index in [1.807, 2.05) is 36.4 Å². The van der Waals surface area contributed by atoms with Crippen molar-refractivity contribution in [3.8, 4) is 0 Å². The van der Waals surface area contributed by atoms with Gasteiger partial charge in [-0.15, -0.1) is 11.3 Å². The molecule has 1 N–H and O–H groups in total. The van der Waals surface area contributed by atoms with E-state index in [0.29, 0.717) is 6.54 Å². The summed E-state index contributed by atoms with van der Waals surface area (Å²) in [5, 5.41) is 5.35. The zero-order chi connectivity index (χ0) is 20.6. The summed E-state index contributed by atoms with van der Waals surface area (Å²) in [7, 11) is 0. The topological polar surface area (TPSA) is 41.6 Å². The molecule has 0 radical (unpaired) electrons. The van der Waals surface area contributed by atoms with Crippen molar-refractivity contribution in [1.82, 2.24) is 10.2 Å². The quantitative estimate of drug-likeness (QED) is 0.549. The number of thiophene rings is 1. The molecule has 1 aliphatic rings. The summed E-state index contributed by atoms with van der Waals surface area (Å²) in [6, 6.07) is 24.3. The van der Waals surface area contributed by atoms with Crippen molar-refractivity contribution in [2.75, 3.05) is 19.7 Å². The molecule has 156 valence electrons. The molecule has 4 rings (SSSR count). The van der Waals surface area contributed by atoms with E-state index in [0.717, 1.165) is 43.7 Å². The highest BCUT2D eigenvalue weighted by molar-refractivity contribution is 7.09. The Hall–Kier alpha value is -2.47. The predicted octanol–water partition coefficient (Wildman–Crippen LogP) is 4.63. The molecule has 2 aromatic carbocycles. The highest BCUT2D eigenvalue weighted by Crippen LogP contribution is 2.22. The van der Waals surface area contributed by atoms with Crippen molar-refractivity contribution >= 4 is 17.2 Å². The number of amides is 1. The number of benzene rings is 2. The standard InChI is InChI=1S/C25H28N2O2S/c28-24(19-27(17-22-13-7-15-29-22)18-23-14-8-16-30-23)26-25(20-9-3-1-4-10-20)21-11-5-2-6-12-21/h1-6,8-12,14,16,22,25H,7,13,15,17-19H2,(H,26,28)/t22-/m1/s1. The first kappa shape index (κ1) is 20.8. The number of hydrogen-bond acceptors (Lipinski definition) is 4. The Morgan fingerprint density at radius 1 is 1.03 bits per heavy atom. The monoisotopic (exact) mass is 420 g/mol. The summed E-state index contributed by atoms with van der Waals surface area (Å²) >= 11 is 1.73. The zero-order valence-corrected chi connectivity index (χ0v) is 17.9. The number of ether oxygens (including phenoxy) is 1. The maximum Gasteiger partial charge on any atom is 0.234 e. The summed E-state index contributed by atoms with van der Waals surface area (Å²) in [5.41, 5.74) is 2.17. The van der Waals surface area contributed by atoms with Crippen LogP contribution in [-0.2, 0) is 16.1 Å². The molecule has 5 heteroatoms. The lowest BCUT2D eigenvalue weighted by Gasteiger charge is -2.26. The highest BCUT2D eigenvalue weighted by atomic mass is 32.1. The molecule has 1 aliphatic heterocycles. The molecular weight excluding hydrogens is 392 g/mol. The van der Waals surface area contributed by atoms with Crippen molar-refractivity contribution in [1.29, 1.82) is 0 Å². The minimum Gasteiger partial charge on any atom is -0.377 e. The summed E-state index contributed by atoms with van der Waals surface area (Å²) in [4.78, 5) is 16.6. The third kappa shape index (κ3) is 5.79. The molecule has 1 amide bonds. The van der Waals surface area contributed by atoms with Crippen LogP contribution in [0.3, 0.4) is 0 Å². The number of carbonyl (C=O) groups is 1. The Kier molecular flexibility index (Phi) is 7.29. The lowest BCUT2D eigenvalue weighted by molar-refractivity contribution is -0.123. The first-order valence-corrected chi connectivity index (χ1v) is 11.4. The molecule has 0 unspecified atom stereocenters. The van der Waals surface area contributed by atoms with Crippen LogP contribution in [0.1, 0.15) is 34.9 Å². The fourth-order valence-corrected chi connectivity index (χ4v) is 4.69. The van der Waals surface area contributed by atoms with Crippen molar-refractivity contribution in [2.24, 2.45) is 0 Å². The average molecular weight is 421 g/mol. The molecule has 1 atom stereocenters. The number of rotatable bonds is 9. The largest absolute Gasteiger partial charge is 0.377 e. The van der Waals surface area contributed by atoms with Gasteiger partial charge in [0.15, 0.2) is 0 Å². The van der Waals surface area contributed by atoms with E-state index in [4.69, 9.17) is 4.74 Å². The second kappa shape index (κ2) is 10.5. The number of hydrogen-bond donors (Lipinski definition) is 1. The Morgan fingerprint density at radius 3 is 2.30 bits per heavy atom. The summed E-state index contributed by atoms with van der Waals surface area (Å²) in [6.45, 7) is 2.74. The number of carbonyl (C=O) groups excluding carboxylic acids is 1. The Balaban J connectivity index is 1.47. The van der Waals surface area contributed by atoms with E-state index >= 15 is 0 Å². The predicted molar refractivity (Wildman–Crippen MR) is 121 cm³/mol. The van der Waals surface area contributed by atoms with Gasteiger partial charge in [-0.25, -0.2) is 0 Å². The third-order valence-electron chi connectivity index (χ3n) is 5.38. The van der Waals surface area contributed by atoms with Gasteiger partial charge in [-0.05, 0) is 35.4 Å². The molecule has 0 aliphatic carbocycles. The molecule has 0 spiro atoms. The molecule has 3 aromatic rings. The van der Waals surface area contributed by atoms with Crippen molar-refractivity contribution < 1.29 is 9.53 Å². The van der Waals surface area contributed by atoms with Crippen molar-refractivity contribution in [3.05, 3.63) is 94.2 Å². The van der Waals surface area contributed by atoms with E-state index < -0.39 is 0 Å². The molecule has 0 bridgehead atoms. The van der Waals surface area contributed by atoms with Gasteiger partial charge in [-0.3, -0.25) is 9.69 Å². The molecule has 1 fully saturated rings. The van der Waals surface area contributed by atoms with Gasteiger partial charge in [0.2, 0.25) is 5.91 Å². The zero-order valence-electron chi connectivity index (χ0n) is 17.1. The van der Waals surface area contributed by atoms with Gasteiger partial charge in [0, 0.05) is 24.6 Å². The maximum absolute atomic E-state index is 13.1. The van der Waals surface area contributed by atoms with Gasteiger partial charge in [0.1, 0.15) is 0 Å². The van der Waals surface area contributed by atoms with E-state index in [2.05, 4.69) is 52.0 Å². The van der Waals surface area contributed by atoms with Crippen LogP contribution >= 0.6 is 11.3 Å². The van der Waals surface area contributed by atoms with E-state index in [1.54, 1.807) is 11.3 Å². The van der Waals surface area contributed by atoms with Gasteiger partial charge in [0.25, 0.3) is 0 Å². The molecule has 1 saturated heterocycles. The molecular formula is C25H28N2O2S. The first-order valence-electron chi connectivity index (χ1n) is 10.5. The van der Waals surface area contributed by atoms with Gasteiger partial charge in [-0.2, -0.15) is 0 Å². The molecule has 0 saturated carbocycles. The van der Waals surface area contributed by atoms with Crippen LogP contribution < -0.4 is 5.32 Å². The van der Waals surface area contributed by atoms with Crippen molar-refractivity contribution in [3.63, 3.8) is 0 Å². The fourth-order valence-electron chi connectivity index (χ4n) is 3.94. The first-order chi connectivity index (χ1) is 14.8. The van der Waals surface area contributed by atoms with E-state index in [9.17, 15) is 4.79 Å². The molecule has 4 nitrogen and oxygen atoms in total. The fraction of sp³-hybridized carbons (Fsp3) is 0.320. The Labute approximate surface area is 182 Å². The molecule has 30 heavy (non-hydrogen) atoms. The van der Waals surface area contributed by atoms with Crippen LogP contribution in [0.4, 0.5) is 0 Å². The molecule has 1 aromatic heterocycles. The van der Waals surface area contributed by atoms with Gasteiger partial charge < -0.3 is 10.1 Å². The van der Waals surface area contributed by atoms with Crippen LogP contribution in [0, 0.1) is 0 Å². The van der Waals surface area contributed by atoms with E-state index in [-0.39, 0.29) is 18.1 Å². The second-order valence-electron chi connectivity index (χ2n) is 7.71. The van der Waals surface area contributed by atoms with Crippen LogP contribution in [0.15, 0.2) is 78.2 Å². The smallest absolute Gasteiger partial charge is 0.234 e. The normalized spacial score (nSPS) is 16.3. The van der Waals surface area contributed by atoms with Crippen LogP contribution in [-0.4, -0.2) is 36.6 Å². The Morgan fingerprint density at radius 2 is 1.73 bits per heavy atom. The van der Waals surface area contributed by atoms with Crippen LogP contribution in [0.5, 0.6) is 0 Å². The number of nitrogens with zero attached hydrogens (tertiary/aromatic N) is 1. The van der Waals surface area contributed by atoms with Crippen LogP contribution in [0.2, 0.25) is 0 Å². The molecule has 2 heterocycles. The SMILES string of the molecule is O=C(CN(Cc1cccs1)C[C@H]1CCCO1)NC(c1ccccc1)c1ccccc1.